The highest BCUT2D eigenvalue weighted by Gasteiger charge is 2.29. The number of hydrogen-bond acceptors (Lipinski definition) is 4. The van der Waals surface area contributed by atoms with E-state index in [0.29, 0.717) is 30.6 Å². The van der Waals surface area contributed by atoms with Crippen molar-refractivity contribution < 1.29 is 14.6 Å². The van der Waals surface area contributed by atoms with Gasteiger partial charge in [0.25, 0.3) is 0 Å². The molecule has 1 unspecified atom stereocenters. The molecule has 1 aliphatic rings. The SMILES string of the molecule is O=C(O)C(CNc1ccc(Cl)cn1)C1CCOCC1. The summed E-state index contributed by atoms with van der Waals surface area (Å²) in [6.07, 6.45) is 3.13. The minimum absolute atomic E-state index is 0.158. The summed E-state index contributed by atoms with van der Waals surface area (Å²) in [7, 11) is 0. The maximum absolute atomic E-state index is 11.4. The number of nitrogens with one attached hydrogen (secondary N) is 1. The van der Waals surface area contributed by atoms with Crippen LogP contribution in [0.4, 0.5) is 5.82 Å². The zero-order valence-electron chi connectivity index (χ0n) is 10.5. The highest BCUT2D eigenvalue weighted by molar-refractivity contribution is 6.30. The van der Waals surface area contributed by atoms with Gasteiger partial charge in [-0.25, -0.2) is 4.98 Å². The third-order valence-corrected chi connectivity index (χ3v) is 3.61. The molecule has 5 nitrogen and oxygen atoms in total. The maximum atomic E-state index is 11.4. The molecule has 19 heavy (non-hydrogen) atoms. The molecule has 2 heterocycles. The molecule has 1 aliphatic heterocycles. The number of carboxylic acids is 1. The van der Waals surface area contributed by atoms with Gasteiger partial charge < -0.3 is 15.2 Å². The van der Waals surface area contributed by atoms with Crippen LogP contribution in [0.2, 0.25) is 5.02 Å². The standard InChI is InChI=1S/C13H17ClN2O3/c14-10-1-2-12(15-7-10)16-8-11(13(17)18)9-3-5-19-6-4-9/h1-2,7,9,11H,3-6,8H2,(H,15,16)(H,17,18). The van der Waals surface area contributed by atoms with Gasteiger partial charge in [-0.15, -0.1) is 0 Å². The number of halogens is 1. The Kier molecular flexibility index (Phi) is 4.99. The van der Waals surface area contributed by atoms with E-state index in [0.717, 1.165) is 12.8 Å². The fourth-order valence-corrected chi connectivity index (χ4v) is 2.38. The molecule has 0 radical (unpaired) electrons. The average Bonchev–Trinajstić information content (AvgIpc) is 2.42. The number of ether oxygens (including phenoxy) is 1. The quantitative estimate of drug-likeness (QED) is 0.868. The van der Waals surface area contributed by atoms with Crippen molar-refractivity contribution in [1.82, 2.24) is 4.98 Å². The van der Waals surface area contributed by atoms with Crippen LogP contribution in [0.25, 0.3) is 0 Å². The number of nitrogens with zero attached hydrogens (tertiary/aromatic N) is 1. The molecule has 1 atom stereocenters. The molecule has 0 aromatic carbocycles. The summed E-state index contributed by atoms with van der Waals surface area (Å²) in [5.74, 6) is -0.386. The molecule has 2 N–H and O–H groups in total. The first kappa shape index (κ1) is 14.1. The van der Waals surface area contributed by atoms with Crippen LogP contribution in [0.1, 0.15) is 12.8 Å². The van der Waals surface area contributed by atoms with E-state index in [9.17, 15) is 9.90 Å². The number of aromatic nitrogens is 1. The average molecular weight is 285 g/mol. The summed E-state index contributed by atoms with van der Waals surface area (Å²) >= 11 is 5.75. The van der Waals surface area contributed by atoms with E-state index in [2.05, 4.69) is 10.3 Å². The number of pyridine rings is 1. The normalized spacial score (nSPS) is 17.9. The first-order valence-corrected chi connectivity index (χ1v) is 6.70. The van der Waals surface area contributed by atoms with Crippen LogP contribution in [0, 0.1) is 11.8 Å². The Labute approximate surface area is 116 Å². The van der Waals surface area contributed by atoms with Crippen molar-refractivity contribution in [3.05, 3.63) is 23.4 Å². The lowest BCUT2D eigenvalue weighted by Gasteiger charge is -2.27. The smallest absolute Gasteiger partial charge is 0.308 e. The van der Waals surface area contributed by atoms with Crippen LogP contribution in [0.5, 0.6) is 0 Å². The van der Waals surface area contributed by atoms with Crippen molar-refractivity contribution in [1.29, 1.82) is 0 Å². The predicted molar refractivity (Wildman–Crippen MR) is 72.4 cm³/mol. The molecule has 1 saturated heterocycles. The van der Waals surface area contributed by atoms with Crippen molar-refractivity contribution in [2.24, 2.45) is 11.8 Å². The summed E-state index contributed by atoms with van der Waals surface area (Å²) in [5, 5.41) is 12.9. The lowest BCUT2D eigenvalue weighted by Crippen LogP contribution is -2.34. The van der Waals surface area contributed by atoms with Crippen LogP contribution in [0.3, 0.4) is 0 Å². The summed E-state index contributed by atoms with van der Waals surface area (Å²) in [4.78, 5) is 15.4. The number of aliphatic carboxylic acids is 1. The minimum Gasteiger partial charge on any atom is -0.481 e. The van der Waals surface area contributed by atoms with Crippen molar-refractivity contribution in [3.8, 4) is 0 Å². The molecular weight excluding hydrogens is 268 g/mol. The molecule has 2 rings (SSSR count). The van der Waals surface area contributed by atoms with Crippen LogP contribution in [0.15, 0.2) is 18.3 Å². The number of rotatable bonds is 5. The topological polar surface area (TPSA) is 71.5 Å². The molecule has 0 aliphatic carbocycles. The molecule has 1 fully saturated rings. The van der Waals surface area contributed by atoms with Gasteiger partial charge in [0.05, 0.1) is 10.9 Å². The Morgan fingerprint density at radius 3 is 2.84 bits per heavy atom. The van der Waals surface area contributed by atoms with Crippen molar-refractivity contribution in [2.75, 3.05) is 25.1 Å². The highest BCUT2D eigenvalue weighted by atomic mass is 35.5. The van der Waals surface area contributed by atoms with Gasteiger partial charge in [0.1, 0.15) is 5.82 Å². The lowest BCUT2D eigenvalue weighted by molar-refractivity contribution is -0.144. The van der Waals surface area contributed by atoms with E-state index in [-0.39, 0.29) is 5.92 Å². The lowest BCUT2D eigenvalue weighted by atomic mass is 9.86. The van der Waals surface area contributed by atoms with Crippen molar-refractivity contribution in [2.45, 2.75) is 12.8 Å². The van der Waals surface area contributed by atoms with Gasteiger partial charge in [0.2, 0.25) is 0 Å². The summed E-state index contributed by atoms with van der Waals surface area (Å²) in [5.41, 5.74) is 0. The summed E-state index contributed by atoms with van der Waals surface area (Å²) < 4.78 is 5.27. The zero-order chi connectivity index (χ0) is 13.7. The Hall–Kier alpha value is -1.33. The summed E-state index contributed by atoms with van der Waals surface area (Å²) in [6.45, 7) is 1.66. The van der Waals surface area contributed by atoms with Gasteiger partial charge in [-0.05, 0) is 30.9 Å². The largest absolute Gasteiger partial charge is 0.481 e. The molecule has 0 saturated carbocycles. The van der Waals surface area contributed by atoms with E-state index in [1.54, 1.807) is 12.1 Å². The second-order valence-corrected chi connectivity index (χ2v) is 5.07. The van der Waals surface area contributed by atoms with Gasteiger partial charge in [0.15, 0.2) is 0 Å². The van der Waals surface area contributed by atoms with E-state index in [1.165, 1.54) is 6.20 Å². The Morgan fingerprint density at radius 2 is 2.26 bits per heavy atom. The maximum Gasteiger partial charge on any atom is 0.308 e. The van der Waals surface area contributed by atoms with Gasteiger partial charge in [-0.2, -0.15) is 0 Å². The molecule has 6 heteroatoms. The first-order chi connectivity index (χ1) is 9.16. The molecular formula is C13H17ClN2O3. The predicted octanol–water partition coefficient (Wildman–Crippen LogP) is 2.27. The Balaban J connectivity index is 1.93. The number of hydrogen-bond donors (Lipinski definition) is 2. The molecule has 1 aromatic rings. The third-order valence-electron chi connectivity index (χ3n) is 3.38. The highest BCUT2D eigenvalue weighted by Crippen LogP contribution is 2.24. The number of carbonyl (C=O) groups is 1. The molecule has 104 valence electrons. The molecule has 0 amide bonds. The second-order valence-electron chi connectivity index (χ2n) is 4.64. The fourth-order valence-electron chi connectivity index (χ4n) is 2.27. The van der Waals surface area contributed by atoms with Crippen LogP contribution in [-0.2, 0) is 9.53 Å². The van der Waals surface area contributed by atoms with E-state index in [1.807, 2.05) is 0 Å². The number of carboxylic acid groups (broad SMARTS) is 1. The monoisotopic (exact) mass is 284 g/mol. The molecule has 0 spiro atoms. The minimum atomic E-state index is -0.770. The van der Waals surface area contributed by atoms with Crippen LogP contribution < -0.4 is 5.32 Å². The fraction of sp³-hybridized carbons (Fsp3) is 0.538. The molecule has 0 bridgehead atoms. The zero-order valence-corrected chi connectivity index (χ0v) is 11.3. The third kappa shape index (κ3) is 4.08. The molecule has 1 aromatic heterocycles. The van der Waals surface area contributed by atoms with Gasteiger partial charge in [-0.1, -0.05) is 11.6 Å². The Morgan fingerprint density at radius 1 is 1.53 bits per heavy atom. The van der Waals surface area contributed by atoms with E-state index >= 15 is 0 Å². The van der Waals surface area contributed by atoms with Crippen LogP contribution >= 0.6 is 11.6 Å². The van der Waals surface area contributed by atoms with Gasteiger partial charge >= 0.3 is 5.97 Å². The van der Waals surface area contributed by atoms with E-state index < -0.39 is 11.9 Å². The van der Waals surface area contributed by atoms with Crippen molar-refractivity contribution >= 4 is 23.4 Å². The van der Waals surface area contributed by atoms with Gasteiger partial charge in [0, 0.05) is 26.0 Å². The summed E-state index contributed by atoms with van der Waals surface area (Å²) in [6, 6.07) is 3.46. The Bertz CT molecular complexity index is 418. The van der Waals surface area contributed by atoms with E-state index in [4.69, 9.17) is 16.3 Å². The number of anilines is 1. The van der Waals surface area contributed by atoms with Crippen LogP contribution in [-0.4, -0.2) is 35.8 Å². The van der Waals surface area contributed by atoms with Gasteiger partial charge in [-0.3, -0.25) is 4.79 Å². The second kappa shape index (κ2) is 6.73. The van der Waals surface area contributed by atoms with Crippen molar-refractivity contribution in [3.63, 3.8) is 0 Å². The first-order valence-electron chi connectivity index (χ1n) is 6.33.